The van der Waals surface area contributed by atoms with Crippen LogP contribution in [0.2, 0.25) is 0 Å². The summed E-state index contributed by atoms with van der Waals surface area (Å²) in [6.45, 7) is 0. The van der Waals surface area contributed by atoms with Crippen LogP contribution in [0.5, 0.6) is 11.5 Å². The van der Waals surface area contributed by atoms with Crippen molar-refractivity contribution in [1.82, 2.24) is 4.98 Å². The van der Waals surface area contributed by atoms with E-state index in [4.69, 9.17) is 9.47 Å². The first-order chi connectivity index (χ1) is 9.61. The van der Waals surface area contributed by atoms with Gasteiger partial charge in [-0.2, -0.15) is 0 Å². The van der Waals surface area contributed by atoms with Gasteiger partial charge in [0.15, 0.2) is 0 Å². The Hall–Kier alpha value is -2.96. The van der Waals surface area contributed by atoms with E-state index in [-0.39, 0.29) is 17.1 Å². The third-order valence-electron chi connectivity index (χ3n) is 2.44. The lowest BCUT2D eigenvalue weighted by Crippen LogP contribution is -2.11. The maximum absolute atomic E-state index is 11.8. The van der Waals surface area contributed by atoms with Crippen molar-refractivity contribution in [3.05, 3.63) is 58.4 Å². The first kappa shape index (κ1) is 13.5. The van der Waals surface area contributed by atoms with E-state index in [1.54, 1.807) is 12.1 Å². The molecule has 0 N–H and O–H groups in total. The normalized spacial score (nSPS) is 9.85. The van der Waals surface area contributed by atoms with Crippen molar-refractivity contribution < 1.29 is 19.2 Å². The monoisotopic (exact) mass is 274 g/mol. The van der Waals surface area contributed by atoms with Gasteiger partial charge in [-0.3, -0.25) is 10.1 Å². The fraction of sp³-hybridized carbons (Fsp3) is 0.0769. The minimum Gasteiger partial charge on any atom is -0.496 e. The van der Waals surface area contributed by atoms with E-state index in [9.17, 15) is 14.9 Å². The Morgan fingerprint density at radius 1 is 1.30 bits per heavy atom. The molecule has 7 nitrogen and oxygen atoms in total. The number of nitro benzene ring substituents is 1. The highest BCUT2D eigenvalue weighted by molar-refractivity contribution is 5.89. The highest BCUT2D eigenvalue weighted by Crippen LogP contribution is 2.31. The van der Waals surface area contributed by atoms with Crippen molar-refractivity contribution in [1.29, 1.82) is 0 Å². The van der Waals surface area contributed by atoms with Gasteiger partial charge in [0.05, 0.1) is 18.1 Å². The molecule has 0 bridgehead atoms. The van der Waals surface area contributed by atoms with Crippen molar-refractivity contribution >= 4 is 11.7 Å². The SMILES string of the molecule is COc1ccc(OC(=O)c2ccccn2)c([N+](=O)[O-])c1. The van der Waals surface area contributed by atoms with Crippen LogP contribution in [-0.2, 0) is 0 Å². The van der Waals surface area contributed by atoms with Gasteiger partial charge in [-0.1, -0.05) is 6.07 Å². The molecule has 2 aromatic rings. The number of benzene rings is 1. The Kier molecular flexibility index (Phi) is 3.90. The second-order valence-corrected chi connectivity index (χ2v) is 3.70. The van der Waals surface area contributed by atoms with Crippen LogP contribution in [0.15, 0.2) is 42.6 Å². The van der Waals surface area contributed by atoms with Crippen molar-refractivity contribution in [2.45, 2.75) is 0 Å². The zero-order valence-corrected chi connectivity index (χ0v) is 10.5. The number of esters is 1. The number of hydrogen-bond donors (Lipinski definition) is 0. The molecule has 0 saturated carbocycles. The molecule has 1 aromatic heterocycles. The predicted octanol–water partition coefficient (Wildman–Crippen LogP) is 2.22. The summed E-state index contributed by atoms with van der Waals surface area (Å²) in [5, 5.41) is 11.0. The Balaban J connectivity index is 2.29. The molecule has 1 heterocycles. The third-order valence-corrected chi connectivity index (χ3v) is 2.44. The van der Waals surface area contributed by atoms with Crippen molar-refractivity contribution in [3.63, 3.8) is 0 Å². The molecule has 102 valence electrons. The van der Waals surface area contributed by atoms with Crippen molar-refractivity contribution in [2.75, 3.05) is 7.11 Å². The standard InChI is InChI=1S/C13H10N2O5/c1-19-9-5-6-12(11(8-9)15(17)18)20-13(16)10-4-2-3-7-14-10/h2-8H,1H3. The smallest absolute Gasteiger partial charge is 0.362 e. The fourth-order valence-electron chi connectivity index (χ4n) is 1.49. The van der Waals surface area contributed by atoms with E-state index >= 15 is 0 Å². The molecule has 7 heteroatoms. The van der Waals surface area contributed by atoms with Crippen molar-refractivity contribution in [3.8, 4) is 11.5 Å². The summed E-state index contributed by atoms with van der Waals surface area (Å²) >= 11 is 0. The summed E-state index contributed by atoms with van der Waals surface area (Å²) in [7, 11) is 1.39. The number of ether oxygens (including phenoxy) is 2. The average molecular weight is 274 g/mol. The lowest BCUT2D eigenvalue weighted by atomic mass is 10.2. The van der Waals surface area contributed by atoms with Crippen LogP contribution in [0, 0.1) is 10.1 Å². The average Bonchev–Trinajstić information content (AvgIpc) is 2.48. The molecule has 0 aliphatic heterocycles. The van der Waals surface area contributed by atoms with Gasteiger partial charge >= 0.3 is 11.7 Å². The largest absolute Gasteiger partial charge is 0.496 e. The van der Waals surface area contributed by atoms with E-state index in [0.29, 0.717) is 5.75 Å². The van der Waals surface area contributed by atoms with Gasteiger partial charge < -0.3 is 9.47 Å². The van der Waals surface area contributed by atoms with E-state index in [0.717, 1.165) is 0 Å². The number of pyridine rings is 1. The Morgan fingerprint density at radius 2 is 2.10 bits per heavy atom. The fourth-order valence-corrected chi connectivity index (χ4v) is 1.49. The van der Waals surface area contributed by atoms with E-state index in [1.165, 1.54) is 37.6 Å². The minimum atomic E-state index is -0.765. The molecule has 1 aromatic carbocycles. The van der Waals surface area contributed by atoms with Gasteiger partial charge in [-0.05, 0) is 24.3 Å². The summed E-state index contributed by atoms with van der Waals surface area (Å²) in [5.74, 6) is -0.625. The number of carbonyl (C=O) groups is 1. The molecule has 0 saturated heterocycles. The van der Waals surface area contributed by atoms with E-state index < -0.39 is 10.9 Å². The Morgan fingerprint density at radius 3 is 2.70 bits per heavy atom. The first-order valence-corrected chi connectivity index (χ1v) is 5.57. The number of methoxy groups -OCH3 is 1. The van der Waals surface area contributed by atoms with E-state index in [1.807, 2.05) is 0 Å². The van der Waals surface area contributed by atoms with Crippen LogP contribution in [0.1, 0.15) is 10.5 Å². The van der Waals surface area contributed by atoms with Gasteiger partial charge in [-0.25, -0.2) is 9.78 Å². The molecular weight excluding hydrogens is 264 g/mol. The van der Waals surface area contributed by atoms with Gasteiger partial charge in [0.1, 0.15) is 11.4 Å². The van der Waals surface area contributed by atoms with Crippen LogP contribution in [0.25, 0.3) is 0 Å². The first-order valence-electron chi connectivity index (χ1n) is 5.57. The maximum atomic E-state index is 11.8. The third kappa shape index (κ3) is 2.89. The Bertz CT molecular complexity index is 642. The summed E-state index contributed by atoms with van der Waals surface area (Å²) in [6.07, 6.45) is 1.43. The van der Waals surface area contributed by atoms with E-state index in [2.05, 4.69) is 4.98 Å². The summed E-state index contributed by atoms with van der Waals surface area (Å²) in [4.78, 5) is 25.9. The van der Waals surface area contributed by atoms with Gasteiger partial charge in [0.2, 0.25) is 5.75 Å². The highest BCUT2D eigenvalue weighted by atomic mass is 16.6. The second kappa shape index (κ2) is 5.79. The number of hydrogen-bond acceptors (Lipinski definition) is 6. The summed E-state index contributed by atoms with van der Waals surface area (Å²) in [5.41, 5.74) is -0.286. The van der Waals surface area contributed by atoms with Gasteiger partial charge in [0.25, 0.3) is 0 Å². The van der Waals surface area contributed by atoms with Crippen molar-refractivity contribution in [2.24, 2.45) is 0 Å². The summed E-state index contributed by atoms with van der Waals surface area (Å²) < 4.78 is 9.89. The number of carbonyl (C=O) groups excluding carboxylic acids is 1. The zero-order chi connectivity index (χ0) is 14.5. The second-order valence-electron chi connectivity index (χ2n) is 3.70. The van der Waals surface area contributed by atoms with Crippen LogP contribution in [0.3, 0.4) is 0 Å². The van der Waals surface area contributed by atoms with Gasteiger partial charge in [0, 0.05) is 6.20 Å². The maximum Gasteiger partial charge on any atom is 0.362 e. The molecule has 0 spiro atoms. The van der Waals surface area contributed by atoms with Crippen LogP contribution < -0.4 is 9.47 Å². The molecule has 2 rings (SSSR count). The van der Waals surface area contributed by atoms with Crippen LogP contribution >= 0.6 is 0 Å². The summed E-state index contributed by atoms with van der Waals surface area (Å²) in [6, 6.07) is 8.67. The number of nitro groups is 1. The number of nitrogens with zero attached hydrogens (tertiary/aromatic N) is 2. The molecular formula is C13H10N2O5. The molecule has 0 radical (unpaired) electrons. The number of aromatic nitrogens is 1. The quantitative estimate of drug-likeness (QED) is 0.367. The molecule has 20 heavy (non-hydrogen) atoms. The molecule has 0 amide bonds. The molecule has 0 fully saturated rings. The zero-order valence-electron chi connectivity index (χ0n) is 10.5. The lowest BCUT2D eigenvalue weighted by Gasteiger charge is -2.06. The topological polar surface area (TPSA) is 91.6 Å². The molecule has 0 atom stereocenters. The molecule has 0 unspecified atom stereocenters. The number of rotatable bonds is 4. The molecule has 0 aliphatic rings. The highest BCUT2D eigenvalue weighted by Gasteiger charge is 2.20. The van der Waals surface area contributed by atoms with Gasteiger partial charge in [-0.15, -0.1) is 0 Å². The minimum absolute atomic E-state index is 0.0672. The van der Waals surface area contributed by atoms with Crippen LogP contribution in [-0.4, -0.2) is 23.0 Å². The molecule has 0 aliphatic carbocycles. The Labute approximate surface area is 113 Å². The van der Waals surface area contributed by atoms with Crippen LogP contribution in [0.4, 0.5) is 5.69 Å². The predicted molar refractivity (Wildman–Crippen MR) is 68.8 cm³/mol. The lowest BCUT2D eigenvalue weighted by molar-refractivity contribution is -0.385.